The fourth-order valence-electron chi connectivity index (χ4n) is 1.72. The van der Waals surface area contributed by atoms with Gasteiger partial charge in [-0.2, -0.15) is 5.26 Å². The zero-order valence-corrected chi connectivity index (χ0v) is 10.4. The monoisotopic (exact) mass is 235 g/mol. The van der Waals surface area contributed by atoms with Gasteiger partial charge in [0.25, 0.3) is 0 Å². The van der Waals surface area contributed by atoms with Gasteiger partial charge in [0.1, 0.15) is 11.9 Å². The summed E-state index contributed by atoms with van der Waals surface area (Å²) in [5.41, 5.74) is 0.528. The smallest absolute Gasteiger partial charge is 0.146 e. The third kappa shape index (κ3) is 4.16. The molecule has 1 aromatic rings. The summed E-state index contributed by atoms with van der Waals surface area (Å²) < 4.78 is 19.1. The van der Waals surface area contributed by atoms with Crippen LogP contribution < -0.4 is 0 Å². The van der Waals surface area contributed by atoms with Crippen LogP contribution >= 0.6 is 0 Å². The van der Waals surface area contributed by atoms with Gasteiger partial charge in [0, 0.05) is 12.2 Å². The molecule has 0 aliphatic carbocycles. The molecule has 2 nitrogen and oxygen atoms in total. The van der Waals surface area contributed by atoms with Crippen molar-refractivity contribution >= 4 is 0 Å². The lowest BCUT2D eigenvalue weighted by atomic mass is 10.1. The second-order valence-corrected chi connectivity index (χ2v) is 4.30. The molecule has 0 aliphatic rings. The zero-order valence-electron chi connectivity index (χ0n) is 10.4. The highest BCUT2D eigenvalue weighted by atomic mass is 19.1. The molecule has 0 fully saturated rings. The van der Waals surface area contributed by atoms with E-state index in [-0.39, 0.29) is 12.2 Å². The van der Waals surface area contributed by atoms with Crippen LogP contribution in [0.5, 0.6) is 0 Å². The van der Waals surface area contributed by atoms with E-state index in [0.29, 0.717) is 18.1 Å². The molecule has 1 aromatic carbocycles. The number of ether oxygens (including phenoxy) is 1. The maximum Gasteiger partial charge on any atom is 0.146 e. The number of rotatable bonds is 6. The van der Waals surface area contributed by atoms with E-state index in [1.54, 1.807) is 12.1 Å². The van der Waals surface area contributed by atoms with Crippen molar-refractivity contribution in [3.8, 4) is 6.07 Å². The predicted octanol–water partition coefficient (Wildman–Crippen LogP) is 3.65. The number of nitrogens with zero attached hydrogens (tertiary/aromatic N) is 1. The number of hydrogen-bond donors (Lipinski definition) is 0. The van der Waals surface area contributed by atoms with Gasteiger partial charge < -0.3 is 4.74 Å². The van der Waals surface area contributed by atoms with E-state index >= 15 is 0 Å². The Balaban J connectivity index is 2.50. The highest BCUT2D eigenvalue weighted by Gasteiger charge is 2.08. The average molecular weight is 235 g/mol. The van der Waals surface area contributed by atoms with Crippen molar-refractivity contribution < 1.29 is 9.13 Å². The number of benzene rings is 1. The molecule has 1 atom stereocenters. The second kappa shape index (κ2) is 7.03. The summed E-state index contributed by atoms with van der Waals surface area (Å²) in [6, 6.07) is 6.63. The lowest BCUT2D eigenvalue weighted by Gasteiger charge is -2.11. The largest absolute Gasteiger partial charge is 0.376 e. The Morgan fingerprint density at radius 3 is 2.88 bits per heavy atom. The standard InChI is InChI=1S/C14H18FNO/c1-3-5-11(2)9-17-10-13-7-4-6-12(8-16)14(13)15/h4,6-7,11H,3,5,9-10H2,1-2H3. The summed E-state index contributed by atoms with van der Waals surface area (Å²) in [7, 11) is 0. The maximum absolute atomic E-state index is 13.6. The molecule has 0 aromatic heterocycles. The molecule has 0 radical (unpaired) electrons. The van der Waals surface area contributed by atoms with Crippen molar-refractivity contribution in [1.29, 1.82) is 5.26 Å². The first-order valence-corrected chi connectivity index (χ1v) is 5.94. The minimum absolute atomic E-state index is 0.0766. The quantitative estimate of drug-likeness (QED) is 0.754. The molecule has 0 amide bonds. The van der Waals surface area contributed by atoms with E-state index in [9.17, 15) is 4.39 Å². The van der Waals surface area contributed by atoms with Gasteiger partial charge >= 0.3 is 0 Å². The van der Waals surface area contributed by atoms with Gasteiger partial charge in [0.15, 0.2) is 0 Å². The Kier molecular flexibility index (Phi) is 5.65. The van der Waals surface area contributed by atoms with E-state index in [0.717, 1.165) is 12.8 Å². The highest BCUT2D eigenvalue weighted by molar-refractivity contribution is 5.34. The SMILES string of the molecule is CCCC(C)COCc1cccc(C#N)c1F. The van der Waals surface area contributed by atoms with E-state index < -0.39 is 5.82 Å². The average Bonchev–Trinajstić information content (AvgIpc) is 2.32. The Morgan fingerprint density at radius 1 is 1.47 bits per heavy atom. The predicted molar refractivity (Wildman–Crippen MR) is 64.8 cm³/mol. The van der Waals surface area contributed by atoms with Crippen LogP contribution in [-0.2, 0) is 11.3 Å². The van der Waals surface area contributed by atoms with E-state index in [2.05, 4.69) is 13.8 Å². The first-order valence-electron chi connectivity index (χ1n) is 5.94. The summed E-state index contributed by atoms with van der Waals surface area (Å²) in [5, 5.41) is 8.70. The summed E-state index contributed by atoms with van der Waals surface area (Å²) in [4.78, 5) is 0. The van der Waals surface area contributed by atoms with Gasteiger partial charge in [-0.1, -0.05) is 32.4 Å². The first-order chi connectivity index (χ1) is 8.19. The second-order valence-electron chi connectivity index (χ2n) is 4.30. The molecule has 0 spiro atoms. The van der Waals surface area contributed by atoms with Gasteiger partial charge in [-0.05, 0) is 18.4 Å². The van der Waals surface area contributed by atoms with Gasteiger partial charge in [-0.3, -0.25) is 0 Å². The van der Waals surface area contributed by atoms with Crippen LogP contribution in [0.1, 0.15) is 37.8 Å². The Bertz CT molecular complexity index is 398. The Morgan fingerprint density at radius 2 is 2.24 bits per heavy atom. The Hall–Kier alpha value is -1.40. The molecular weight excluding hydrogens is 217 g/mol. The summed E-state index contributed by atoms with van der Waals surface area (Å²) in [5.74, 6) is 0.0281. The molecule has 0 saturated carbocycles. The molecule has 3 heteroatoms. The van der Waals surface area contributed by atoms with Crippen LogP contribution in [-0.4, -0.2) is 6.61 Å². The van der Waals surface area contributed by atoms with Crippen LogP contribution in [0.2, 0.25) is 0 Å². The lowest BCUT2D eigenvalue weighted by Crippen LogP contribution is -2.06. The normalized spacial score (nSPS) is 12.1. The highest BCUT2D eigenvalue weighted by Crippen LogP contribution is 2.14. The number of halogens is 1. The molecule has 0 bridgehead atoms. The number of nitriles is 1. The van der Waals surface area contributed by atoms with Crippen molar-refractivity contribution in [2.75, 3.05) is 6.61 Å². The molecule has 0 saturated heterocycles. The molecule has 17 heavy (non-hydrogen) atoms. The van der Waals surface area contributed by atoms with Gasteiger partial charge in [0.05, 0.1) is 12.2 Å². The zero-order chi connectivity index (χ0) is 12.7. The van der Waals surface area contributed by atoms with E-state index in [1.165, 1.54) is 6.07 Å². The van der Waals surface area contributed by atoms with Crippen LogP contribution in [0.3, 0.4) is 0 Å². The molecule has 1 unspecified atom stereocenters. The van der Waals surface area contributed by atoms with Gasteiger partial charge in [-0.25, -0.2) is 4.39 Å². The minimum Gasteiger partial charge on any atom is -0.376 e. The summed E-state index contributed by atoms with van der Waals surface area (Å²) in [6.07, 6.45) is 2.24. The maximum atomic E-state index is 13.6. The fraction of sp³-hybridized carbons (Fsp3) is 0.500. The van der Waals surface area contributed by atoms with Crippen molar-refractivity contribution in [2.24, 2.45) is 5.92 Å². The molecule has 0 N–H and O–H groups in total. The first kappa shape index (κ1) is 13.7. The molecular formula is C14H18FNO. The van der Waals surface area contributed by atoms with Crippen LogP contribution in [0.4, 0.5) is 4.39 Å². The van der Waals surface area contributed by atoms with E-state index in [1.807, 2.05) is 6.07 Å². The number of hydrogen-bond acceptors (Lipinski definition) is 2. The fourth-order valence-corrected chi connectivity index (χ4v) is 1.72. The molecule has 0 heterocycles. The van der Waals surface area contributed by atoms with Gasteiger partial charge in [0.2, 0.25) is 0 Å². The molecule has 92 valence electrons. The van der Waals surface area contributed by atoms with Crippen molar-refractivity contribution in [1.82, 2.24) is 0 Å². The Labute approximate surface area is 102 Å². The van der Waals surface area contributed by atoms with Crippen LogP contribution in [0.15, 0.2) is 18.2 Å². The van der Waals surface area contributed by atoms with E-state index in [4.69, 9.17) is 10.00 Å². The third-order valence-corrected chi connectivity index (χ3v) is 2.64. The minimum atomic E-state index is -0.460. The third-order valence-electron chi connectivity index (χ3n) is 2.64. The van der Waals surface area contributed by atoms with Crippen molar-refractivity contribution in [2.45, 2.75) is 33.3 Å². The lowest BCUT2D eigenvalue weighted by molar-refractivity contribution is 0.0874. The van der Waals surface area contributed by atoms with Crippen LogP contribution in [0.25, 0.3) is 0 Å². The topological polar surface area (TPSA) is 33.0 Å². The van der Waals surface area contributed by atoms with Crippen molar-refractivity contribution in [3.05, 3.63) is 35.1 Å². The summed E-state index contributed by atoms with van der Waals surface area (Å²) >= 11 is 0. The summed E-state index contributed by atoms with van der Waals surface area (Å²) in [6.45, 7) is 5.11. The van der Waals surface area contributed by atoms with Gasteiger partial charge in [-0.15, -0.1) is 0 Å². The van der Waals surface area contributed by atoms with Crippen molar-refractivity contribution in [3.63, 3.8) is 0 Å². The van der Waals surface area contributed by atoms with Crippen LogP contribution in [0, 0.1) is 23.1 Å². The molecule has 1 rings (SSSR count). The molecule has 0 aliphatic heterocycles.